The molecule has 1 aromatic carbocycles. The number of amides is 1. The lowest BCUT2D eigenvalue weighted by atomic mass is 10.1. The van der Waals surface area contributed by atoms with Crippen LogP contribution < -0.4 is 0 Å². The van der Waals surface area contributed by atoms with E-state index in [1.54, 1.807) is 15.9 Å². The minimum absolute atomic E-state index is 0.0684. The number of carbonyl (C=O) groups is 1. The molecule has 0 bridgehead atoms. The standard InChI is InChI=1S/C15H20N4O/c1-4-5-15(20)18(3)12(2)13-6-8-14(9-7-13)19-11-16-10-17-19/h6-12H,4-5H2,1-3H3. The predicted molar refractivity (Wildman–Crippen MR) is 77.5 cm³/mol. The Balaban J connectivity index is 2.11. The summed E-state index contributed by atoms with van der Waals surface area (Å²) >= 11 is 0. The Morgan fingerprint density at radius 2 is 2.05 bits per heavy atom. The Morgan fingerprint density at radius 3 is 2.60 bits per heavy atom. The Morgan fingerprint density at radius 1 is 1.35 bits per heavy atom. The second-order valence-corrected chi connectivity index (χ2v) is 4.86. The number of aromatic nitrogens is 3. The molecule has 1 aromatic heterocycles. The Labute approximate surface area is 119 Å². The molecule has 1 heterocycles. The summed E-state index contributed by atoms with van der Waals surface area (Å²) in [5, 5.41) is 4.09. The first-order valence-corrected chi connectivity index (χ1v) is 6.84. The monoisotopic (exact) mass is 272 g/mol. The molecule has 1 atom stereocenters. The minimum atomic E-state index is 0.0684. The van der Waals surface area contributed by atoms with Crippen molar-refractivity contribution in [1.82, 2.24) is 19.7 Å². The second-order valence-electron chi connectivity index (χ2n) is 4.86. The maximum absolute atomic E-state index is 11.9. The van der Waals surface area contributed by atoms with E-state index in [4.69, 9.17) is 0 Å². The molecule has 106 valence electrons. The van der Waals surface area contributed by atoms with Crippen molar-refractivity contribution in [2.45, 2.75) is 32.7 Å². The maximum atomic E-state index is 11.9. The molecule has 2 rings (SSSR count). The zero-order valence-electron chi connectivity index (χ0n) is 12.2. The average Bonchev–Trinajstić information content (AvgIpc) is 3.00. The highest BCUT2D eigenvalue weighted by Gasteiger charge is 2.16. The van der Waals surface area contributed by atoms with Crippen LogP contribution in [0.3, 0.4) is 0 Å². The van der Waals surface area contributed by atoms with Gasteiger partial charge in [0, 0.05) is 13.5 Å². The van der Waals surface area contributed by atoms with E-state index in [0.717, 1.165) is 17.7 Å². The van der Waals surface area contributed by atoms with Crippen LogP contribution in [0.25, 0.3) is 5.69 Å². The fraction of sp³-hybridized carbons (Fsp3) is 0.400. The molecule has 0 N–H and O–H groups in total. The van der Waals surface area contributed by atoms with Crippen molar-refractivity contribution in [1.29, 1.82) is 0 Å². The highest BCUT2D eigenvalue weighted by Crippen LogP contribution is 2.21. The SMILES string of the molecule is CCCC(=O)N(C)C(C)c1ccc(-n2cncn2)cc1. The third-order valence-electron chi connectivity index (χ3n) is 3.50. The van der Waals surface area contributed by atoms with E-state index in [1.807, 2.05) is 45.2 Å². The van der Waals surface area contributed by atoms with Gasteiger partial charge < -0.3 is 4.90 Å². The van der Waals surface area contributed by atoms with Gasteiger partial charge in [-0.15, -0.1) is 0 Å². The zero-order valence-corrected chi connectivity index (χ0v) is 12.2. The predicted octanol–water partition coefficient (Wildman–Crippen LogP) is 2.59. The van der Waals surface area contributed by atoms with Crippen molar-refractivity contribution in [2.24, 2.45) is 0 Å². The number of hydrogen-bond acceptors (Lipinski definition) is 3. The minimum Gasteiger partial charge on any atom is -0.339 e. The average molecular weight is 272 g/mol. The number of nitrogens with zero attached hydrogens (tertiary/aromatic N) is 4. The van der Waals surface area contributed by atoms with Crippen LogP contribution in [0.1, 0.15) is 38.3 Å². The topological polar surface area (TPSA) is 51.0 Å². The van der Waals surface area contributed by atoms with Gasteiger partial charge in [0.25, 0.3) is 0 Å². The lowest BCUT2D eigenvalue weighted by molar-refractivity contribution is -0.131. The van der Waals surface area contributed by atoms with Crippen LogP contribution in [0.15, 0.2) is 36.9 Å². The van der Waals surface area contributed by atoms with Crippen LogP contribution in [0, 0.1) is 0 Å². The molecule has 0 saturated carbocycles. The molecule has 0 aliphatic rings. The van der Waals surface area contributed by atoms with Gasteiger partial charge in [0.1, 0.15) is 12.7 Å². The van der Waals surface area contributed by atoms with Gasteiger partial charge in [-0.1, -0.05) is 19.1 Å². The van der Waals surface area contributed by atoms with Gasteiger partial charge in [-0.3, -0.25) is 4.79 Å². The molecule has 0 aliphatic carbocycles. The van der Waals surface area contributed by atoms with Gasteiger partial charge in [-0.25, -0.2) is 9.67 Å². The van der Waals surface area contributed by atoms with Crippen molar-refractivity contribution in [3.05, 3.63) is 42.5 Å². The summed E-state index contributed by atoms with van der Waals surface area (Å²) in [6.07, 6.45) is 4.64. The summed E-state index contributed by atoms with van der Waals surface area (Å²) in [5.74, 6) is 0.181. The molecule has 5 heteroatoms. The summed E-state index contributed by atoms with van der Waals surface area (Å²) in [4.78, 5) is 17.6. The van der Waals surface area contributed by atoms with Gasteiger partial charge in [0.15, 0.2) is 0 Å². The first-order valence-electron chi connectivity index (χ1n) is 6.84. The molecular weight excluding hydrogens is 252 g/mol. The molecule has 20 heavy (non-hydrogen) atoms. The molecule has 0 radical (unpaired) electrons. The Bertz CT molecular complexity index is 548. The summed E-state index contributed by atoms with van der Waals surface area (Å²) in [7, 11) is 1.86. The third-order valence-corrected chi connectivity index (χ3v) is 3.50. The largest absolute Gasteiger partial charge is 0.339 e. The molecule has 0 fully saturated rings. The van der Waals surface area contributed by atoms with E-state index < -0.39 is 0 Å². The van der Waals surface area contributed by atoms with Crippen molar-refractivity contribution in [3.63, 3.8) is 0 Å². The Hall–Kier alpha value is -2.17. The summed E-state index contributed by atoms with van der Waals surface area (Å²) in [6, 6.07) is 8.09. The quantitative estimate of drug-likeness (QED) is 0.840. The third kappa shape index (κ3) is 3.04. The van der Waals surface area contributed by atoms with Crippen molar-refractivity contribution in [2.75, 3.05) is 7.05 Å². The highest BCUT2D eigenvalue weighted by atomic mass is 16.2. The summed E-state index contributed by atoms with van der Waals surface area (Å²) < 4.78 is 1.71. The molecule has 1 amide bonds. The second kappa shape index (κ2) is 6.32. The fourth-order valence-electron chi connectivity index (χ4n) is 2.08. The van der Waals surface area contributed by atoms with Gasteiger partial charge in [-0.2, -0.15) is 5.10 Å². The maximum Gasteiger partial charge on any atom is 0.222 e. The van der Waals surface area contributed by atoms with Crippen molar-refractivity contribution < 1.29 is 4.79 Å². The van der Waals surface area contributed by atoms with Crippen LogP contribution >= 0.6 is 0 Å². The molecule has 5 nitrogen and oxygen atoms in total. The van der Waals surface area contributed by atoms with Gasteiger partial charge in [-0.05, 0) is 31.0 Å². The lowest BCUT2D eigenvalue weighted by Gasteiger charge is -2.25. The number of hydrogen-bond donors (Lipinski definition) is 0. The summed E-state index contributed by atoms with van der Waals surface area (Å²) in [6.45, 7) is 4.06. The molecule has 0 saturated heterocycles. The van der Waals surface area contributed by atoms with Crippen LogP contribution in [0.4, 0.5) is 0 Å². The molecule has 1 unspecified atom stereocenters. The van der Waals surface area contributed by atoms with E-state index in [2.05, 4.69) is 10.1 Å². The summed E-state index contributed by atoms with van der Waals surface area (Å²) in [5.41, 5.74) is 2.07. The first-order chi connectivity index (χ1) is 9.63. The van der Waals surface area contributed by atoms with Crippen molar-refractivity contribution >= 4 is 5.91 Å². The van der Waals surface area contributed by atoms with Crippen molar-refractivity contribution in [3.8, 4) is 5.69 Å². The van der Waals surface area contributed by atoms with Gasteiger partial charge in [0.2, 0.25) is 5.91 Å². The Kier molecular flexibility index (Phi) is 4.50. The zero-order chi connectivity index (χ0) is 14.5. The van der Waals surface area contributed by atoms with E-state index in [9.17, 15) is 4.79 Å². The van der Waals surface area contributed by atoms with Gasteiger partial charge >= 0.3 is 0 Å². The van der Waals surface area contributed by atoms with Crippen LogP contribution in [-0.2, 0) is 4.79 Å². The van der Waals surface area contributed by atoms with Gasteiger partial charge in [0.05, 0.1) is 11.7 Å². The van der Waals surface area contributed by atoms with E-state index in [-0.39, 0.29) is 11.9 Å². The molecule has 0 spiro atoms. The van der Waals surface area contributed by atoms with E-state index in [1.165, 1.54) is 6.33 Å². The molecular formula is C15H20N4O. The van der Waals surface area contributed by atoms with E-state index in [0.29, 0.717) is 6.42 Å². The number of benzene rings is 1. The van der Waals surface area contributed by atoms with Crippen LogP contribution in [0.5, 0.6) is 0 Å². The van der Waals surface area contributed by atoms with Crippen LogP contribution in [-0.4, -0.2) is 32.6 Å². The highest BCUT2D eigenvalue weighted by molar-refractivity contribution is 5.76. The number of carbonyl (C=O) groups excluding carboxylic acids is 1. The normalized spacial score (nSPS) is 12.2. The lowest BCUT2D eigenvalue weighted by Crippen LogP contribution is -2.29. The number of rotatable bonds is 5. The molecule has 2 aromatic rings. The fourth-order valence-corrected chi connectivity index (χ4v) is 2.08. The first kappa shape index (κ1) is 14.2. The van der Waals surface area contributed by atoms with Crippen LogP contribution in [0.2, 0.25) is 0 Å². The smallest absolute Gasteiger partial charge is 0.222 e. The molecule has 0 aliphatic heterocycles. The van der Waals surface area contributed by atoms with E-state index >= 15 is 0 Å².